The number of allylic oxidation sites excluding steroid dienone is 5. The molecule has 0 aliphatic heterocycles. The van der Waals surface area contributed by atoms with Crippen LogP contribution in [0.25, 0.3) is 117 Å². The Labute approximate surface area is 385 Å². The Balaban J connectivity index is 1.08. The van der Waals surface area contributed by atoms with Gasteiger partial charge in [-0.3, -0.25) is 0 Å². The van der Waals surface area contributed by atoms with Crippen molar-refractivity contribution < 1.29 is 4.42 Å². The van der Waals surface area contributed by atoms with E-state index in [0.29, 0.717) is 17.5 Å². The molecule has 0 saturated carbocycles. The van der Waals surface area contributed by atoms with Crippen LogP contribution in [0.2, 0.25) is 0 Å². The van der Waals surface area contributed by atoms with Crippen LogP contribution in [0.15, 0.2) is 223 Å². The van der Waals surface area contributed by atoms with E-state index in [1.165, 1.54) is 27.5 Å². The minimum Gasteiger partial charge on any atom is -0.455 e. The molecule has 2 unspecified atom stereocenters. The maximum atomic E-state index is 6.97. The normalized spacial score (nSPS) is 15.3. The molecule has 0 saturated heterocycles. The lowest BCUT2D eigenvalue weighted by Gasteiger charge is -2.28. The van der Waals surface area contributed by atoms with Crippen molar-refractivity contribution in [2.24, 2.45) is 5.92 Å². The zero-order valence-corrected chi connectivity index (χ0v) is 36.2. The van der Waals surface area contributed by atoms with E-state index in [1.54, 1.807) is 0 Å². The average Bonchev–Trinajstić information content (AvgIpc) is 4.07. The first-order valence-electron chi connectivity index (χ1n) is 22.9. The molecule has 2 aliphatic rings. The maximum absolute atomic E-state index is 6.97. The van der Waals surface area contributed by atoms with Crippen molar-refractivity contribution in [1.82, 2.24) is 24.1 Å². The summed E-state index contributed by atoms with van der Waals surface area (Å²) in [4.78, 5) is 15.9. The van der Waals surface area contributed by atoms with Crippen molar-refractivity contribution >= 4 is 60.7 Å². The summed E-state index contributed by atoms with van der Waals surface area (Å²) in [5, 5.41) is 5.57. The van der Waals surface area contributed by atoms with Gasteiger partial charge in [0.05, 0.1) is 21.9 Å². The smallest absolute Gasteiger partial charge is 0.166 e. The second-order valence-corrected chi connectivity index (χ2v) is 17.5. The first-order chi connectivity index (χ1) is 33.2. The minimum atomic E-state index is 0.0735. The quantitative estimate of drug-likeness (QED) is 0.167. The van der Waals surface area contributed by atoms with E-state index in [2.05, 4.69) is 191 Å². The Kier molecular flexibility index (Phi) is 8.31. The summed E-state index contributed by atoms with van der Waals surface area (Å²) in [5.41, 5.74) is 14.6. The molecule has 6 nitrogen and oxygen atoms in total. The van der Waals surface area contributed by atoms with Gasteiger partial charge in [-0.25, -0.2) is 15.0 Å². The fourth-order valence-electron chi connectivity index (χ4n) is 10.7. The number of rotatable bonds is 6. The van der Waals surface area contributed by atoms with E-state index in [-0.39, 0.29) is 11.8 Å². The molecule has 0 spiro atoms. The summed E-state index contributed by atoms with van der Waals surface area (Å²) < 4.78 is 11.8. The topological polar surface area (TPSA) is 61.7 Å². The van der Waals surface area contributed by atoms with E-state index in [4.69, 9.17) is 19.4 Å². The van der Waals surface area contributed by atoms with Crippen LogP contribution >= 0.6 is 0 Å². The molecule has 14 rings (SSSR count). The van der Waals surface area contributed by atoms with Gasteiger partial charge < -0.3 is 13.6 Å². The Morgan fingerprint density at radius 1 is 0.433 bits per heavy atom. The Morgan fingerprint density at radius 3 is 1.85 bits per heavy atom. The average molecular weight is 858 g/mol. The largest absolute Gasteiger partial charge is 0.455 e. The highest BCUT2D eigenvalue weighted by Gasteiger charge is 2.34. The van der Waals surface area contributed by atoms with Crippen molar-refractivity contribution in [1.29, 1.82) is 0 Å². The van der Waals surface area contributed by atoms with E-state index in [1.807, 2.05) is 42.5 Å². The third kappa shape index (κ3) is 5.86. The van der Waals surface area contributed by atoms with Crippen LogP contribution in [0.4, 0.5) is 0 Å². The van der Waals surface area contributed by atoms with E-state index in [9.17, 15) is 0 Å². The van der Waals surface area contributed by atoms with Crippen LogP contribution < -0.4 is 0 Å². The van der Waals surface area contributed by atoms with Crippen LogP contribution in [0.3, 0.4) is 0 Å². The van der Waals surface area contributed by atoms with E-state index in [0.717, 1.165) is 77.6 Å². The molecule has 67 heavy (non-hydrogen) atoms. The Morgan fingerprint density at radius 2 is 1.06 bits per heavy atom. The number of benzene rings is 8. The first-order valence-corrected chi connectivity index (χ1v) is 22.9. The van der Waals surface area contributed by atoms with E-state index < -0.39 is 0 Å². The molecule has 4 aromatic heterocycles. The van der Waals surface area contributed by atoms with Gasteiger partial charge in [0.1, 0.15) is 11.2 Å². The highest BCUT2D eigenvalue weighted by atomic mass is 16.3. The molecule has 12 aromatic rings. The molecule has 4 heterocycles. The minimum absolute atomic E-state index is 0.0735. The zero-order chi connectivity index (χ0) is 44.0. The molecule has 0 radical (unpaired) electrons. The third-order valence-electron chi connectivity index (χ3n) is 13.7. The molecule has 0 bridgehead atoms. The summed E-state index contributed by atoms with van der Waals surface area (Å²) in [7, 11) is 0. The van der Waals surface area contributed by atoms with Crippen LogP contribution in [0.5, 0.6) is 0 Å². The third-order valence-corrected chi connectivity index (χ3v) is 13.7. The van der Waals surface area contributed by atoms with Crippen LogP contribution in [-0.4, -0.2) is 24.1 Å². The lowest BCUT2D eigenvalue weighted by Crippen LogP contribution is -2.16. The first kappa shape index (κ1) is 37.5. The highest BCUT2D eigenvalue weighted by molar-refractivity contribution is 6.21. The van der Waals surface area contributed by atoms with Gasteiger partial charge >= 0.3 is 0 Å². The zero-order valence-electron chi connectivity index (χ0n) is 36.2. The standard InChI is InChI=1S/C61H39N5O/c1-4-18-39(19-5-1)59-62-60(40-20-6-2-7-21-40)64-61(63-59)51-37-50-48-28-13-15-30-54(48)67-58(50)55-49-34-31-38-17-10-11-26-45(38)56(49)66(57(51)55)44-25-16-22-41(35-44)42-32-33-47-46-27-12-14-29-52(46)65(53(47)36-42)43-23-8-3-9-24-43/h1-38,45H. The monoisotopic (exact) mass is 857 g/mol. The summed E-state index contributed by atoms with van der Waals surface area (Å²) in [6, 6.07) is 66.3. The molecule has 0 amide bonds. The number of nitrogens with zero attached hydrogens (tertiary/aromatic N) is 5. The number of aromatic nitrogens is 5. The molecule has 0 N–H and O–H groups in total. The van der Waals surface area contributed by atoms with Crippen molar-refractivity contribution in [3.63, 3.8) is 0 Å². The van der Waals surface area contributed by atoms with Gasteiger partial charge in [0.25, 0.3) is 0 Å². The Bertz CT molecular complexity index is 3980. The number of fused-ring (bicyclic) bond motifs is 12. The number of para-hydroxylation sites is 3. The number of hydrogen-bond acceptors (Lipinski definition) is 4. The van der Waals surface area contributed by atoms with Gasteiger partial charge in [-0.15, -0.1) is 0 Å². The molecule has 314 valence electrons. The van der Waals surface area contributed by atoms with Crippen molar-refractivity contribution in [2.75, 3.05) is 0 Å². The maximum Gasteiger partial charge on any atom is 0.166 e. The summed E-state index contributed by atoms with van der Waals surface area (Å²) in [6.07, 6.45) is 13.7. The second-order valence-electron chi connectivity index (χ2n) is 17.5. The number of furan rings is 1. The lowest BCUT2D eigenvalue weighted by atomic mass is 9.80. The lowest BCUT2D eigenvalue weighted by molar-refractivity contribution is 0.661. The molecule has 2 atom stereocenters. The molecular formula is C61H39N5O. The van der Waals surface area contributed by atoms with Gasteiger partial charge in [-0.05, 0) is 59.7 Å². The molecule has 0 fully saturated rings. The second kappa shape index (κ2) is 14.8. The predicted molar refractivity (Wildman–Crippen MR) is 274 cm³/mol. The summed E-state index contributed by atoms with van der Waals surface area (Å²) in [5.74, 6) is 2.08. The summed E-state index contributed by atoms with van der Waals surface area (Å²) >= 11 is 0. The number of hydrogen-bond donors (Lipinski definition) is 0. The predicted octanol–water partition coefficient (Wildman–Crippen LogP) is 15.3. The van der Waals surface area contributed by atoms with Gasteiger partial charge in [0.2, 0.25) is 0 Å². The van der Waals surface area contributed by atoms with Gasteiger partial charge in [0.15, 0.2) is 17.5 Å². The summed E-state index contributed by atoms with van der Waals surface area (Å²) in [6.45, 7) is 0. The van der Waals surface area contributed by atoms with Crippen LogP contribution in [-0.2, 0) is 0 Å². The molecule has 2 aliphatic carbocycles. The van der Waals surface area contributed by atoms with E-state index >= 15 is 0 Å². The van der Waals surface area contributed by atoms with Gasteiger partial charge in [0, 0.05) is 72.7 Å². The fourth-order valence-corrected chi connectivity index (χ4v) is 10.7. The van der Waals surface area contributed by atoms with Crippen LogP contribution in [0.1, 0.15) is 17.2 Å². The fraction of sp³-hybridized carbons (Fsp3) is 0.0328. The highest BCUT2D eigenvalue weighted by Crippen LogP contribution is 2.50. The molecule has 8 aromatic carbocycles. The molecular weight excluding hydrogens is 819 g/mol. The molecule has 6 heteroatoms. The van der Waals surface area contributed by atoms with Crippen molar-refractivity contribution in [2.45, 2.75) is 5.92 Å². The van der Waals surface area contributed by atoms with Gasteiger partial charge in [-0.1, -0.05) is 176 Å². The van der Waals surface area contributed by atoms with Crippen molar-refractivity contribution in [3.8, 4) is 56.7 Å². The Hall–Kier alpha value is -8.87. The van der Waals surface area contributed by atoms with Crippen molar-refractivity contribution in [3.05, 3.63) is 230 Å². The van der Waals surface area contributed by atoms with Gasteiger partial charge in [-0.2, -0.15) is 0 Å². The van der Waals surface area contributed by atoms with Crippen LogP contribution in [0, 0.1) is 5.92 Å². The SMILES string of the molecule is C1=CC2C=Cc3c(n(-c4cccc(-c5ccc6c7ccccc7n(-c7ccccc7)c6c5)c4)c4c(-c5nc(-c6ccccc6)nc(-c6ccccc6)n5)cc5c6ccccc6oc5c34)C2C=C1.